The summed E-state index contributed by atoms with van der Waals surface area (Å²) in [5.41, 5.74) is 10.4. The van der Waals surface area contributed by atoms with Crippen LogP contribution in [0, 0.1) is 0 Å². The number of hydrogen-bond acceptors (Lipinski definition) is 2. The SMILES string of the molecule is CCN.CC[N+](CC)(CC)CCN.F.F.[F-]. The standard InChI is InChI=1S/C8H21N2.C2H7N.3FH/c1-4-10(5-2,6-3)8-7-9;1-2-3;;;/h4-9H2,1-3H3;2-3H2,1H3;3*1H/q+1;;;;/p-1. The summed E-state index contributed by atoms with van der Waals surface area (Å²) in [4.78, 5) is 0. The minimum absolute atomic E-state index is 0. The van der Waals surface area contributed by atoms with E-state index in [9.17, 15) is 0 Å². The molecule has 0 unspecified atom stereocenters. The Morgan fingerprint density at radius 3 is 1.12 bits per heavy atom. The van der Waals surface area contributed by atoms with Crippen molar-refractivity contribution in [2.45, 2.75) is 27.7 Å². The molecule has 0 aromatic carbocycles. The van der Waals surface area contributed by atoms with Crippen molar-refractivity contribution in [3.63, 3.8) is 0 Å². The largest absolute Gasteiger partial charge is 1.00 e. The van der Waals surface area contributed by atoms with Gasteiger partial charge in [0.15, 0.2) is 0 Å². The first-order valence-electron chi connectivity index (χ1n) is 5.41. The van der Waals surface area contributed by atoms with Crippen LogP contribution in [0.2, 0.25) is 0 Å². The van der Waals surface area contributed by atoms with Crippen LogP contribution in [0.5, 0.6) is 0 Å². The molecule has 0 atom stereocenters. The van der Waals surface area contributed by atoms with Gasteiger partial charge in [0.25, 0.3) is 0 Å². The third kappa shape index (κ3) is 13.7. The Bertz CT molecular complexity index is 93.0. The van der Waals surface area contributed by atoms with E-state index in [0.29, 0.717) is 0 Å². The van der Waals surface area contributed by atoms with Gasteiger partial charge in [-0.15, -0.1) is 0 Å². The molecule has 0 rings (SSSR count). The van der Waals surface area contributed by atoms with Gasteiger partial charge in [0.1, 0.15) is 0 Å². The summed E-state index contributed by atoms with van der Waals surface area (Å²) in [5.74, 6) is 0. The Kier molecular flexibility index (Phi) is 37.3. The molecule has 0 fully saturated rings. The van der Waals surface area contributed by atoms with E-state index in [4.69, 9.17) is 11.5 Å². The summed E-state index contributed by atoms with van der Waals surface area (Å²) in [5, 5.41) is 0. The predicted molar refractivity (Wildman–Crippen MR) is 65.5 cm³/mol. The van der Waals surface area contributed by atoms with E-state index in [-0.39, 0.29) is 14.1 Å². The lowest BCUT2D eigenvalue weighted by Crippen LogP contribution is -3.00. The Morgan fingerprint density at radius 2 is 1.06 bits per heavy atom. The smallest absolute Gasteiger partial charge is 0.0911 e. The predicted octanol–water partition coefficient (Wildman–Crippen LogP) is -1.90. The second-order valence-corrected chi connectivity index (χ2v) is 3.21. The van der Waals surface area contributed by atoms with Crippen molar-refractivity contribution in [2.75, 3.05) is 39.3 Å². The summed E-state index contributed by atoms with van der Waals surface area (Å²) in [7, 11) is 0. The molecular weight excluding hydrogens is 219 g/mol. The van der Waals surface area contributed by atoms with Gasteiger partial charge in [-0.1, -0.05) is 6.92 Å². The Balaban J connectivity index is -0.0000000606. The highest BCUT2D eigenvalue weighted by Gasteiger charge is 2.18. The lowest BCUT2D eigenvalue weighted by atomic mass is 10.3. The third-order valence-electron chi connectivity index (χ3n) is 2.62. The fraction of sp³-hybridized carbons (Fsp3) is 1.00. The fourth-order valence-electron chi connectivity index (χ4n) is 1.42. The molecule has 0 spiro atoms. The fourth-order valence-corrected chi connectivity index (χ4v) is 1.42. The topological polar surface area (TPSA) is 52.0 Å². The third-order valence-corrected chi connectivity index (χ3v) is 2.62. The summed E-state index contributed by atoms with van der Waals surface area (Å²) >= 11 is 0. The second kappa shape index (κ2) is 20.1. The lowest BCUT2D eigenvalue weighted by Gasteiger charge is -2.35. The summed E-state index contributed by atoms with van der Waals surface area (Å²) in [6.45, 7) is 15.0. The van der Waals surface area contributed by atoms with Gasteiger partial charge in [0, 0.05) is 6.54 Å². The molecule has 0 amide bonds. The van der Waals surface area contributed by atoms with Crippen molar-refractivity contribution in [1.82, 2.24) is 0 Å². The van der Waals surface area contributed by atoms with Gasteiger partial charge in [-0.05, 0) is 27.3 Å². The molecule has 0 aliphatic rings. The van der Waals surface area contributed by atoms with Gasteiger partial charge >= 0.3 is 0 Å². The second-order valence-electron chi connectivity index (χ2n) is 3.21. The first kappa shape index (κ1) is 29.6. The molecule has 0 heterocycles. The van der Waals surface area contributed by atoms with Crippen LogP contribution in [0.1, 0.15) is 27.7 Å². The molecule has 0 aliphatic heterocycles. The maximum absolute atomic E-state index is 5.53. The van der Waals surface area contributed by atoms with E-state index in [1.54, 1.807) is 0 Å². The molecule has 6 heteroatoms. The number of rotatable bonds is 5. The molecule has 0 bridgehead atoms. The summed E-state index contributed by atoms with van der Waals surface area (Å²) in [6.07, 6.45) is 0. The van der Waals surface area contributed by atoms with Crippen molar-refractivity contribution in [3.05, 3.63) is 0 Å². The molecule has 106 valence electrons. The monoisotopic (exact) mass is 249 g/mol. The molecule has 4 N–H and O–H groups in total. The van der Waals surface area contributed by atoms with Gasteiger partial charge in [-0.25, -0.2) is 0 Å². The minimum atomic E-state index is 0. The van der Waals surface area contributed by atoms with E-state index in [1.165, 1.54) is 24.1 Å². The molecule has 0 saturated carbocycles. The Morgan fingerprint density at radius 1 is 0.812 bits per heavy atom. The van der Waals surface area contributed by atoms with Crippen LogP contribution in [0.3, 0.4) is 0 Å². The molecule has 16 heavy (non-hydrogen) atoms. The lowest BCUT2D eigenvalue weighted by molar-refractivity contribution is -0.921. The molecular formula is C10H30F3N3. The number of halogens is 3. The van der Waals surface area contributed by atoms with Crippen molar-refractivity contribution < 1.29 is 18.6 Å². The average Bonchev–Trinajstić information content (AvgIpc) is 2.16. The first-order valence-corrected chi connectivity index (χ1v) is 5.41. The first-order chi connectivity index (χ1) is 6.16. The van der Waals surface area contributed by atoms with Crippen LogP contribution in [0.15, 0.2) is 0 Å². The summed E-state index contributed by atoms with van der Waals surface area (Å²) in [6, 6.07) is 0. The van der Waals surface area contributed by atoms with Gasteiger partial charge in [-0.2, -0.15) is 0 Å². The maximum Gasteiger partial charge on any atom is 0.0911 e. The zero-order valence-electron chi connectivity index (χ0n) is 11.0. The van der Waals surface area contributed by atoms with Crippen LogP contribution in [-0.2, 0) is 0 Å². The van der Waals surface area contributed by atoms with E-state index in [1.807, 2.05) is 6.92 Å². The van der Waals surface area contributed by atoms with Gasteiger partial charge in [0.05, 0.1) is 26.2 Å². The van der Waals surface area contributed by atoms with Crippen LogP contribution in [-0.4, -0.2) is 43.8 Å². The Labute approximate surface area is 97.9 Å². The molecule has 0 aromatic heterocycles. The quantitative estimate of drug-likeness (QED) is 0.559. The van der Waals surface area contributed by atoms with Crippen LogP contribution in [0.25, 0.3) is 0 Å². The molecule has 0 aliphatic carbocycles. The van der Waals surface area contributed by atoms with Crippen LogP contribution < -0.4 is 16.2 Å². The highest BCUT2D eigenvalue weighted by atomic mass is 19.0. The van der Waals surface area contributed by atoms with E-state index < -0.39 is 0 Å². The van der Waals surface area contributed by atoms with Crippen molar-refractivity contribution in [1.29, 1.82) is 0 Å². The highest BCUT2D eigenvalue weighted by molar-refractivity contribution is 4.38. The zero-order valence-corrected chi connectivity index (χ0v) is 11.0. The highest BCUT2D eigenvalue weighted by Crippen LogP contribution is 2.03. The number of hydrogen-bond donors (Lipinski definition) is 2. The molecule has 0 saturated heterocycles. The average molecular weight is 249 g/mol. The van der Waals surface area contributed by atoms with Crippen LogP contribution in [0.4, 0.5) is 9.41 Å². The molecule has 3 nitrogen and oxygen atoms in total. The molecule has 0 radical (unpaired) electrons. The van der Waals surface area contributed by atoms with Crippen molar-refractivity contribution >= 4 is 0 Å². The summed E-state index contributed by atoms with van der Waals surface area (Å²) < 4.78 is 1.18. The van der Waals surface area contributed by atoms with Crippen molar-refractivity contribution in [2.24, 2.45) is 11.5 Å². The van der Waals surface area contributed by atoms with E-state index >= 15 is 0 Å². The molecule has 0 aromatic rings. The van der Waals surface area contributed by atoms with Gasteiger partial charge < -0.3 is 20.7 Å². The van der Waals surface area contributed by atoms with Gasteiger partial charge in [-0.3, -0.25) is 9.41 Å². The van der Waals surface area contributed by atoms with Gasteiger partial charge in [0.2, 0.25) is 0 Å². The maximum atomic E-state index is 5.53. The van der Waals surface area contributed by atoms with Crippen LogP contribution >= 0.6 is 0 Å². The Hall–Kier alpha value is -0.330. The number of nitrogens with two attached hydrogens (primary N) is 2. The minimum Gasteiger partial charge on any atom is -1.00 e. The van der Waals surface area contributed by atoms with Crippen molar-refractivity contribution in [3.8, 4) is 0 Å². The van der Waals surface area contributed by atoms with E-state index in [0.717, 1.165) is 19.6 Å². The van der Waals surface area contributed by atoms with E-state index in [2.05, 4.69) is 20.8 Å². The normalized spacial score (nSPS) is 8.62. The number of likely N-dealkylation sites (N-methyl/N-ethyl adjacent to an activating group) is 1. The number of nitrogens with zero attached hydrogens (tertiary/aromatic N) is 1. The zero-order chi connectivity index (χ0) is 10.7. The number of quaternary nitrogens is 1.